The first-order valence-electron chi connectivity index (χ1n) is 9.07. The third kappa shape index (κ3) is 3.80. The van der Waals surface area contributed by atoms with Crippen LogP contribution in [0.15, 0.2) is 22.4 Å². The van der Waals surface area contributed by atoms with Gasteiger partial charge in [0.2, 0.25) is 0 Å². The molecule has 0 radical (unpaired) electrons. The summed E-state index contributed by atoms with van der Waals surface area (Å²) in [6.07, 6.45) is 3.40. The Labute approximate surface area is 164 Å². The smallest absolute Gasteiger partial charge is 0.178 e. The van der Waals surface area contributed by atoms with Gasteiger partial charge in [-0.3, -0.25) is 4.79 Å². The molecule has 1 aromatic rings. The van der Waals surface area contributed by atoms with E-state index in [0.29, 0.717) is 22.8 Å². The summed E-state index contributed by atoms with van der Waals surface area (Å²) in [5.74, 6) is 0.184. The highest BCUT2D eigenvalue weighted by Crippen LogP contribution is 2.50. The lowest BCUT2D eigenvalue weighted by molar-refractivity contribution is -0.106. The van der Waals surface area contributed by atoms with E-state index >= 15 is 0 Å². The van der Waals surface area contributed by atoms with E-state index in [1.165, 1.54) is 11.1 Å². The molecule has 0 N–H and O–H groups in total. The number of halogens is 2. The van der Waals surface area contributed by atoms with Crippen LogP contribution in [0.5, 0.6) is 5.75 Å². The highest BCUT2D eigenvalue weighted by Gasteiger charge is 2.34. The van der Waals surface area contributed by atoms with Crippen LogP contribution >= 0.6 is 15.9 Å². The number of benzene rings is 1. The summed E-state index contributed by atoms with van der Waals surface area (Å²) in [7, 11) is 0. The molecule has 0 spiro atoms. The topological polar surface area (TPSA) is 26.3 Å². The predicted molar refractivity (Wildman–Crippen MR) is 110 cm³/mol. The molecule has 0 atom stereocenters. The van der Waals surface area contributed by atoms with Crippen molar-refractivity contribution in [2.75, 3.05) is 0 Å². The molecule has 26 heavy (non-hydrogen) atoms. The maximum absolute atomic E-state index is 14.1. The van der Waals surface area contributed by atoms with Crippen molar-refractivity contribution in [3.8, 4) is 5.75 Å². The Kier molecular flexibility index (Phi) is 6.17. The number of ether oxygens (including phenoxy) is 1. The molecule has 0 aromatic heterocycles. The second kappa shape index (κ2) is 7.67. The zero-order chi connectivity index (χ0) is 19.8. The molecule has 1 aliphatic rings. The second-order valence-electron chi connectivity index (χ2n) is 8.15. The normalized spacial score (nSPS) is 17.0. The minimum absolute atomic E-state index is 0.0676. The van der Waals surface area contributed by atoms with Gasteiger partial charge in [-0.25, -0.2) is 4.39 Å². The molecule has 1 aliphatic carbocycles. The average molecular weight is 423 g/mol. The van der Waals surface area contributed by atoms with Crippen molar-refractivity contribution in [3.63, 3.8) is 0 Å². The van der Waals surface area contributed by atoms with E-state index in [0.717, 1.165) is 16.5 Å². The number of aldehydes is 1. The summed E-state index contributed by atoms with van der Waals surface area (Å²) in [5.41, 5.74) is 4.39. The second-order valence-corrected chi connectivity index (χ2v) is 8.94. The lowest BCUT2D eigenvalue weighted by Crippen LogP contribution is -2.24. The maximum Gasteiger partial charge on any atom is 0.178 e. The molecule has 0 bridgehead atoms. The molecule has 0 fully saturated rings. The number of hydrogen-bond donors (Lipinski definition) is 0. The van der Waals surface area contributed by atoms with E-state index in [1.54, 1.807) is 6.92 Å². The van der Waals surface area contributed by atoms with Crippen LogP contribution in [0, 0.1) is 5.92 Å². The Morgan fingerprint density at radius 1 is 1.31 bits per heavy atom. The molecule has 4 heteroatoms. The van der Waals surface area contributed by atoms with E-state index in [9.17, 15) is 9.18 Å². The molecule has 0 unspecified atom stereocenters. The Hall–Kier alpha value is -1.42. The molecule has 142 valence electrons. The fourth-order valence-corrected chi connectivity index (χ4v) is 4.55. The lowest BCUT2D eigenvalue weighted by Gasteiger charge is -2.36. The summed E-state index contributed by atoms with van der Waals surface area (Å²) in [5, 5.41) is 0. The van der Waals surface area contributed by atoms with Crippen molar-refractivity contribution in [2.24, 2.45) is 5.92 Å². The van der Waals surface area contributed by atoms with E-state index in [-0.39, 0.29) is 17.8 Å². The zero-order valence-electron chi connectivity index (χ0n) is 16.7. The van der Waals surface area contributed by atoms with Gasteiger partial charge in [0, 0.05) is 5.56 Å². The van der Waals surface area contributed by atoms with Gasteiger partial charge in [-0.15, -0.1) is 0 Å². The first kappa shape index (κ1) is 20.9. The molecule has 0 saturated heterocycles. The molecule has 0 aliphatic heterocycles. The van der Waals surface area contributed by atoms with Gasteiger partial charge in [0.25, 0.3) is 0 Å². The fraction of sp³-hybridized carbons (Fsp3) is 0.500. The third-order valence-electron chi connectivity index (χ3n) is 4.88. The van der Waals surface area contributed by atoms with Crippen LogP contribution in [0.3, 0.4) is 0 Å². The molecule has 0 saturated carbocycles. The largest absolute Gasteiger partial charge is 0.489 e. The van der Waals surface area contributed by atoms with Gasteiger partial charge in [0.1, 0.15) is 5.75 Å². The number of carbonyl (C=O) groups excluding carboxylic acids is 1. The number of hydrogen-bond acceptors (Lipinski definition) is 2. The molecule has 2 rings (SSSR count). The molecule has 0 heterocycles. The van der Waals surface area contributed by atoms with Gasteiger partial charge in [-0.05, 0) is 82.8 Å². The van der Waals surface area contributed by atoms with Crippen molar-refractivity contribution in [1.82, 2.24) is 0 Å². The molecule has 2 nitrogen and oxygen atoms in total. The van der Waals surface area contributed by atoms with Gasteiger partial charge >= 0.3 is 0 Å². The Bertz CT molecular complexity index is 786. The van der Waals surface area contributed by atoms with Crippen LogP contribution in [-0.2, 0) is 10.2 Å². The molecular formula is C22H28BrFO2. The van der Waals surface area contributed by atoms with Crippen LogP contribution in [0.25, 0.3) is 11.1 Å². The summed E-state index contributed by atoms with van der Waals surface area (Å²) in [6.45, 7) is 14.2. The Morgan fingerprint density at radius 3 is 2.42 bits per heavy atom. The summed E-state index contributed by atoms with van der Waals surface area (Å²) >= 11 is 3.75. The van der Waals surface area contributed by atoms with E-state index in [2.05, 4.69) is 49.7 Å². The van der Waals surface area contributed by atoms with Crippen LogP contribution in [-0.4, -0.2) is 12.4 Å². The lowest BCUT2D eigenvalue weighted by atomic mass is 9.70. The van der Waals surface area contributed by atoms with E-state index in [1.807, 2.05) is 19.9 Å². The highest BCUT2D eigenvalue weighted by molar-refractivity contribution is 9.10. The van der Waals surface area contributed by atoms with Crippen LogP contribution in [0.1, 0.15) is 71.6 Å². The molecule has 0 amide bonds. The van der Waals surface area contributed by atoms with Crippen LogP contribution in [0.4, 0.5) is 4.39 Å². The van der Waals surface area contributed by atoms with Crippen molar-refractivity contribution >= 4 is 33.4 Å². The SMILES string of the molecule is C/C(=C(\F)C=O)c1cc2c(c(Br)c1OC(C)C)C(C)(C)CC=C2C(C)C. The van der Waals surface area contributed by atoms with Crippen LogP contribution in [0.2, 0.25) is 0 Å². The van der Waals surface area contributed by atoms with Crippen molar-refractivity contribution in [1.29, 1.82) is 0 Å². The number of allylic oxidation sites excluding steroid dienone is 4. The highest BCUT2D eigenvalue weighted by atomic mass is 79.9. The quantitative estimate of drug-likeness (QED) is 0.382. The Morgan fingerprint density at radius 2 is 1.92 bits per heavy atom. The van der Waals surface area contributed by atoms with Gasteiger partial charge in [-0.1, -0.05) is 33.8 Å². The number of carbonyl (C=O) groups is 1. The first-order valence-corrected chi connectivity index (χ1v) is 9.86. The summed E-state index contributed by atoms with van der Waals surface area (Å²) in [4.78, 5) is 11.0. The summed E-state index contributed by atoms with van der Waals surface area (Å²) in [6, 6.07) is 1.99. The van der Waals surface area contributed by atoms with E-state index in [4.69, 9.17) is 4.74 Å². The third-order valence-corrected chi connectivity index (χ3v) is 5.64. The first-order chi connectivity index (χ1) is 12.0. The summed E-state index contributed by atoms with van der Waals surface area (Å²) < 4.78 is 21.0. The van der Waals surface area contributed by atoms with Gasteiger partial charge in [0.05, 0.1) is 10.6 Å². The van der Waals surface area contributed by atoms with Crippen molar-refractivity contribution in [2.45, 2.75) is 66.4 Å². The van der Waals surface area contributed by atoms with Gasteiger partial charge < -0.3 is 4.74 Å². The number of fused-ring (bicyclic) bond motifs is 1. The maximum atomic E-state index is 14.1. The minimum Gasteiger partial charge on any atom is -0.489 e. The monoisotopic (exact) mass is 422 g/mol. The zero-order valence-corrected chi connectivity index (χ0v) is 18.3. The predicted octanol–water partition coefficient (Wildman–Crippen LogP) is 6.86. The van der Waals surface area contributed by atoms with Gasteiger partial charge in [-0.2, -0.15) is 0 Å². The number of rotatable bonds is 5. The van der Waals surface area contributed by atoms with Crippen molar-refractivity contribution < 1.29 is 13.9 Å². The minimum atomic E-state index is -0.768. The molecular weight excluding hydrogens is 395 g/mol. The molecule has 1 aromatic carbocycles. The standard InChI is InChI=1S/C22H28BrFO2/c1-12(2)15-8-9-22(6,7)19-17(15)10-16(14(5)18(24)11-25)21(20(19)23)26-13(3)4/h8,10-13H,9H2,1-7H3/b18-14+. The van der Waals surface area contributed by atoms with Crippen LogP contribution < -0.4 is 4.74 Å². The van der Waals surface area contributed by atoms with Gasteiger partial charge in [0.15, 0.2) is 12.1 Å². The average Bonchev–Trinajstić information content (AvgIpc) is 2.54. The van der Waals surface area contributed by atoms with Crippen molar-refractivity contribution in [3.05, 3.63) is 39.1 Å². The van der Waals surface area contributed by atoms with E-state index < -0.39 is 5.83 Å². The Balaban J connectivity index is 2.91. The fourth-order valence-electron chi connectivity index (χ4n) is 3.49.